The number of benzene rings is 1. The summed E-state index contributed by atoms with van der Waals surface area (Å²) >= 11 is 0. The molecule has 1 aromatic carbocycles. The third kappa shape index (κ3) is 2.70. The summed E-state index contributed by atoms with van der Waals surface area (Å²) in [4.78, 5) is 0. The fourth-order valence-electron chi connectivity index (χ4n) is 2.60. The molecule has 1 aliphatic rings. The quantitative estimate of drug-likeness (QED) is 0.878. The molecular formula is C14H19F2NO. The van der Waals surface area contributed by atoms with E-state index in [0.29, 0.717) is 6.42 Å². The van der Waals surface area contributed by atoms with Crippen LogP contribution in [0.5, 0.6) is 0 Å². The second kappa shape index (κ2) is 5.33. The van der Waals surface area contributed by atoms with Gasteiger partial charge in [0, 0.05) is 18.7 Å². The zero-order chi connectivity index (χ0) is 13.2. The predicted octanol–water partition coefficient (Wildman–Crippen LogP) is 2.79. The molecule has 1 aromatic rings. The Morgan fingerprint density at radius 2 is 1.94 bits per heavy atom. The summed E-state index contributed by atoms with van der Waals surface area (Å²) in [5.41, 5.74) is 5.92. The highest BCUT2D eigenvalue weighted by molar-refractivity contribution is 5.20. The number of hydrogen-bond donors (Lipinski definition) is 1. The van der Waals surface area contributed by atoms with Crippen LogP contribution in [-0.4, -0.2) is 18.8 Å². The zero-order valence-corrected chi connectivity index (χ0v) is 10.6. The van der Waals surface area contributed by atoms with Crippen LogP contribution in [-0.2, 0) is 11.2 Å². The van der Waals surface area contributed by atoms with Gasteiger partial charge in [0.1, 0.15) is 11.6 Å². The lowest BCUT2D eigenvalue weighted by molar-refractivity contribution is -0.0814. The van der Waals surface area contributed by atoms with Gasteiger partial charge in [0.25, 0.3) is 0 Å². The molecule has 1 saturated carbocycles. The minimum absolute atomic E-state index is 0.0792. The molecule has 100 valence electrons. The lowest BCUT2D eigenvalue weighted by atomic mass is 9.75. The third-order valence-corrected chi connectivity index (χ3v) is 3.86. The van der Waals surface area contributed by atoms with Gasteiger partial charge < -0.3 is 10.5 Å². The van der Waals surface area contributed by atoms with Crippen molar-refractivity contribution in [3.05, 3.63) is 35.4 Å². The van der Waals surface area contributed by atoms with Crippen LogP contribution in [0.3, 0.4) is 0 Å². The van der Waals surface area contributed by atoms with Gasteiger partial charge in [-0.2, -0.15) is 0 Å². The minimum atomic E-state index is -0.523. The maximum absolute atomic E-state index is 13.5. The highest BCUT2D eigenvalue weighted by Gasteiger charge is 2.38. The molecule has 2 rings (SSSR count). The van der Waals surface area contributed by atoms with Crippen molar-refractivity contribution >= 4 is 0 Å². The molecule has 1 fully saturated rings. The van der Waals surface area contributed by atoms with Crippen molar-refractivity contribution in [1.29, 1.82) is 0 Å². The molecular weight excluding hydrogens is 236 g/mol. The van der Waals surface area contributed by atoms with Gasteiger partial charge in [-0.25, -0.2) is 8.78 Å². The highest BCUT2D eigenvalue weighted by atomic mass is 19.1. The van der Waals surface area contributed by atoms with Crippen molar-refractivity contribution in [3.63, 3.8) is 0 Å². The Morgan fingerprint density at radius 1 is 1.33 bits per heavy atom. The van der Waals surface area contributed by atoms with Crippen molar-refractivity contribution in [2.24, 2.45) is 5.73 Å². The van der Waals surface area contributed by atoms with Crippen LogP contribution in [0.4, 0.5) is 8.78 Å². The summed E-state index contributed by atoms with van der Waals surface area (Å²) in [6, 6.07) is 3.61. The van der Waals surface area contributed by atoms with Crippen LogP contribution in [0.25, 0.3) is 0 Å². The van der Waals surface area contributed by atoms with Crippen LogP contribution >= 0.6 is 0 Å². The summed E-state index contributed by atoms with van der Waals surface area (Å²) in [6.07, 6.45) is 3.96. The first-order valence-electron chi connectivity index (χ1n) is 6.30. The molecule has 1 atom stereocenters. The Kier molecular flexibility index (Phi) is 3.97. The fourth-order valence-corrected chi connectivity index (χ4v) is 2.60. The predicted molar refractivity (Wildman–Crippen MR) is 66.2 cm³/mol. The molecule has 1 aliphatic carbocycles. The molecule has 1 unspecified atom stereocenters. The maximum atomic E-state index is 13.5. The molecule has 0 heterocycles. The van der Waals surface area contributed by atoms with Crippen LogP contribution in [0.15, 0.2) is 18.2 Å². The summed E-state index contributed by atoms with van der Waals surface area (Å²) in [5, 5.41) is 0. The maximum Gasteiger partial charge on any atom is 0.129 e. The second-order valence-corrected chi connectivity index (χ2v) is 5.11. The molecule has 2 N–H and O–H groups in total. The Hall–Kier alpha value is -1.00. The minimum Gasteiger partial charge on any atom is -0.378 e. The van der Waals surface area contributed by atoms with Crippen molar-refractivity contribution in [1.82, 2.24) is 0 Å². The topological polar surface area (TPSA) is 35.2 Å². The fraction of sp³-hybridized carbons (Fsp3) is 0.571. The van der Waals surface area contributed by atoms with Gasteiger partial charge in [-0.1, -0.05) is 6.07 Å². The number of nitrogens with two attached hydrogens (primary N) is 1. The van der Waals surface area contributed by atoms with Crippen LogP contribution in [0, 0.1) is 11.6 Å². The average molecular weight is 255 g/mol. The Labute approximate surface area is 106 Å². The van der Waals surface area contributed by atoms with Crippen LogP contribution < -0.4 is 5.73 Å². The number of methoxy groups -OCH3 is 1. The van der Waals surface area contributed by atoms with Gasteiger partial charge in [0.2, 0.25) is 0 Å². The molecule has 0 bridgehead atoms. The molecule has 0 amide bonds. The van der Waals surface area contributed by atoms with E-state index in [2.05, 4.69) is 0 Å². The summed E-state index contributed by atoms with van der Waals surface area (Å²) < 4.78 is 32.5. The van der Waals surface area contributed by atoms with Gasteiger partial charge in [0.05, 0.1) is 5.60 Å². The largest absolute Gasteiger partial charge is 0.378 e. The highest BCUT2D eigenvalue weighted by Crippen LogP contribution is 2.39. The molecule has 18 heavy (non-hydrogen) atoms. The molecule has 0 radical (unpaired) electrons. The summed E-state index contributed by atoms with van der Waals surface area (Å²) in [5.74, 6) is -1.05. The number of hydrogen-bond acceptors (Lipinski definition) is 2. The monoisotopic (exact) mass is 255 g/mol. The number of halogens is 2. The van der Waals surface area contributed by atoms with E-state index in [9.17, 15) is 8.78 Å². The first kappa shape index (κ1) is 13.4. The SMILES string of the molecule is COC1(CC(N)Cc2c(F)cccc2F)CCC1. The second-order valence-electron chi connectivity index (χ2n) is 5.11. The molecule has 0 spiro atoms. The van der Waals surface area contributed by atoms with Crippen LogP contribution in [0.1, 0.15) is 31.2 Å². The van der Waals surface area contributed by atoms with Crippen molar-refractivity contribution in [3.8, 4) is 0 Å². The number of ether oxygens (including phenoxy) is 1. The van der Waals surface area contributed by atoms with Crippen molar-refractivity contribution in [2.75, 3.05) is 7.11 Å². The Morgan fingerprint density at radius 3 is 2.39 bits per heavy atom. The van der Waals surface area contributed by atoms with E-state index in [-0.39, 0.29) is 23.6 Å². The summed E-state index contributed by atoms with van der Waals surface area (Å²) in [7, 11) is 1.68. The Bertz CT molecular complexity index is 392. The van der Waals surface area contributed by atoms with E-state index in [4.69, 9.17) is 10.5 Å². The number of rotatable bonds is 5. The Balaban J connectivity index is 2.01. The first-order chi connectivity index (χ1) is 8.56. The van der Waals surface area contributed by atoms with Gasteiger partial charge in [0.15, 0.2) is 0 Å². The molecule has 0 aliphatic heterocycles. The molecule has 0 aromatic heterocycles. The van der Waals surface area contributed by atoms with Crippen LogP contribution in [0.2, 0.25) is 0 Å². The molecule has 4 heteroatoms. The molecule has 2 nitrogen and oxygen atoms in total. The zero-order valence-electron chi connectivity index (χ0n) is 10.6. The third-order valence-electron chi connectivity index (χ3n) is 3.86. The van der Waals surface area contributed by atoms with Gasteiger partial charge >= 0.3 is 0 Å². The van der Waals surface area contributed by atoms with Crippen molar-refractivity contribution < 1.29 is 13.5 Å². The lowest BCUT2D eigenvalue weighted by Gasteiger charge is -2.42. The van der Waals surface area contributed by atoms with E-state index in [1.807, 2.05) is 0 Å². The average Bonchev–Trinajstić information content (AvgIpc) is 2.29. The van der Waals surface area contributed by atoms with E-state index in [1.165, 1.54) is 18.2 Å². The standard InChI is InChI=1S/C14H19F2NO/c1-18-14(6-3-7-14)9-10(17)8-11-12(15)4-2-5-13(11)16/h2,4-5,10H,3,6-9,17H2,1H3. The molecule has 0 saturated heterocycles. The smallest absolute Gasteiger partial charge is 0.129 e. The van der Waals surface area contributed by atoms with E-state index < -0.39 is 11.6 Å². The van der Waals surface area contributed by atoms with Gasteiger partial charge in [-0.05, 0) is 44.2 Å². The normalized spacial score (nSPS) is 19.3. The summed E-state index contributed by atoms with van der Waals surface area (Å²) in [6.45, 7) is 0. The lowest BCUT2D eigenvalue weighted by Crippen LogP contribution is -2.45. The van der Waals surface area contributed by atoms with Gasteiger partial charge in [-0.3, -0.25) is 0 Å². The first-order valence-corrected chi connectivity index (χ1v) is 6.30. The van der Waals surface area contributed by atoms with E-state index in [0.717, 1.165) is 19.3 Å². The van der Waals surface area contributed by atoms with Crippen molar-refractivity contribution in [2.45, 2.75) is 43.7 Å². The van der Waals surface area contributed by atoms with Gasteiger partial charge in [-0.15, -0.1) is 0 Å². The van der Waals surface area contributed by atoms with E-state index >= 15 is 0 Å². The van der Waals surface area contributed by atoms with E-state index in [1.54, 1.807) is 7.11 Å².